The van der Waals surface area contributed by atoms with Crippen molar-refractivity contribution in [1.29, 1.82) is 0 Å². The zero-order valence-electron chi connectivity index (χ0n) is 6.43. The van der Waals surface area contributed by atoms with E-state index >= 15 is 0 Å². The number of rotatable bonds is 2. The number of oxazole rings is 1. The zero-order valence-corrected chi connectivity index (χ0v) is 7.25. The second kappa shape index (κ2) is 3.02. The molecule has 0 aliphatic carbocycles. The van der Waals surface area contributed by atoms with Gasteiger partial charge in [0, 0.05) is 10.9 Å². The summed E-state index contributed by atoms with van der Waals surface area (Å²) in [5.41, 5.74) is 0.803. The standard InChI is InChI=1S/C8H5NO3S/c10-8(11)6-3-9-7(12-6)5-1-2-13-4-5/h1-4H,(H,10,11). The lowest BCUT2D eigenvalue weighted by molar-refractivity contribution is 0.0663. The predicted molar refractivity (Wildman–Crippen MR) is 46.8 cm³/mol. The molecular formula is C8H5NO3S. The van der Waals surface area contributed by atoms with E-state index in [0.717, 1.165) is 5.56 Å². The van der Waals surface area contributed by atoms with Crippen molar-refractivity contribution in [2.75, 3.05) is 0 Å². The lowest BCUT2D eigenvalue weighted by Gasteiger charge is -1.86. The van der Waals surface area contributed by atoms with Crippen molar-refractivity contribution in [1.82, 2.24) is 4.98 Å². The summed E-state index contributed by atoms with van der Waals surface area (Å²) in [6.07, 6.45) is 1.20. The Morgan fingerprint density at radius 1 is 1.62 bits per heavy atom. The minimum absolute atomic E-state index is 0.138. The Morgan fingerprint density at radius 3 is 3.00 bits per heavy atom. The molecule has 2 rings (SSSR count). The van der Waals surface area contributed by atoms with Crippen molar-refractivity contribution in [3.63, 3.8) is 0 Å². The summed E-state index contributed by atoms with van der Waals surface area (Å²) < 4.78 is 4.99. The maximum absolute atomic E-state index is 10.5. The number of thiophene rings is 1. The quantitative estimate of drug-likeness (QED) is 0.797. The molecule has 0 radical (unpaired) electrons. The molecule has 5 heteroatoms. The minimum Gasteiger partial charge on any atom is -0.475 e. The highest BCUT2D eigenvalue weighted by Crippen LogP contribution is 2.21. The van der Waals surface area contributed by atoms with Crippen molar-refractivity contribution in [2.24, 2.45) is 0 Å². The van der Waals surface area contributed by atoms with E-state index in [2.05, 4.69) is 4.98 Å². The monoisotopic (exact) mass is 195 g/mol. The Balaban J connectivity index is 2.39. The van der Waals surface area contributed by atoms with Crippen LogP contribution < -0.4 is 0 Å². The van der Waals surface area contributed by atoms with Gasteiger partial charge < -0.3 is 9.52 Å². The highest BCUT2D eigenvalue weighted by atomic mass is 32.1. The molecule has 4 nitrogen and oxygen atoms in total. The maximum atomic E-state index is 10.5. The van der Waals surface area contributed by atoms with Gasteiger partial charge in [0.1, 0.15) is 0 Å². The van der Waals surface area contributed by atoms with E-state index in [-0.39, 0.29) is 5.76 Å². The fraction of sp³-hybridized carbons (Fsp3) is 0. The number of aromatic nitrogens is 1. The second-order valence-electron chi connectivity index (χ2n) is 2.35. The number of nitrogens with zero attached hydrogens (tertiary/aromatic N) is 1. The lowest BCUT2D eigenvalue weighted by Crippen LogP contribution is -1.91. The number of carbonyl (C=O) groups is 1. The first-order valence-electron chi connectivity index (χ1n) is 3.49. The summed E-state index contributed by atoms with van der Waals surface area (Å²) in [7, 11) is 0. The average Bonchev–Trinajstić information content (AvgIpc) is 2.75. The first-order chi connectivity index (χ1) is 6.27. The van der Waals surface area contributed by atoms with Gasteiger partial charge in [-0.25, -0.2) is 9.78 Å². The van der Waals surface area contributed by atoms with Crippen LogP contribution in [0.25, 0.3) is 11.5 Å². The Morgan fingerprint density at radius 2 is 2.46 bits per heavy atom. The summed E-state index contributed by atoms with van der Waals surface area (Å²) in [6, 6.07) is 1.82. The van der Waals surface area contributed by atoms with Crippen molar-refractivity contribution >= 4 is 17.3 Å². The smallest absolute Gasteiger partial charge is 0.373 e. The molecule has 0 fully saturated rings. The van der Waals surface area contributed by atoms with Gasteiger partial charge in [-0.3, -0.25) is 0 Å². The molecule has 0 saturated carbocycles. The Labute approximate surface area is 77.5 Å². The van der Waals surface area contributed by atoms with Gasteiger partial charge in [0.05, 0.1) is 6.20 Å². The van der Waals surface area contributed by atoms with Gasteiger partial charge in [0.25, 0.3) is 0 Å². The van der Waals surface area contributed by atoms with E-state index in [1.807, 2.05) is 16.8 Å². The van der Waals surface area contributed by atoms with Crippen molar-refractivity contribution in [2.45, 2.75) is 0 Å². The van der Waals surface area contributed by atoms with Gasteiger partial charge in [-0.05, 0) is 11.4 Å². The molecule has 2 aromatic heterocycles. The fourth-order valence-electron chi connectivity index (χ4n) is 0.893. The summed E-state index contributed by atoms with van der Waals surface area (Å²) in [6.45, 7) is 0. The van der Waals surface area contributed by atoms with Gasteiger partial charge in [0.15, 0.2) is 0 Å². The molecule has 13 heavy (non-hydrogen) atoms. The Kier molecular flexibility index (Phi) is 1.86. The van der Waals surface area contributed by atoms with Crippen LogP contribution >= 0.6 is 11.3 Å². The molecule has 2 aromatic rings. The number of aromatic carboxylic acids is 1. The van der Waals surface area contributed by atoms with Crippen LogP contribution in [0, 0.1) is 0 Å². The van der Waals surface area contributed by atoms with Gasteiger partial charge in [-0.15, -0.1) is 0 Å². The van der Waals surface area contributed by atoms with E-state index < -0.39 is 5.97 Å². The molecule has 0 saturated heterocycles. The molecular weight excluding hydrogens is 190 g/mol. The predicted octanol–water partition coefficient (Wildman–Crippen LogP) is 2.10. The van der Waals surface area contributed by atoms with Crippen molar-refractivity contribution in [3.05, 3.63) is 28.8 Å². The third kappa shape index (κ3) is 1.46. The summed E-state index contributed by atoms with van der Waals surface area (Å²) >= 11 is 1.50. The maximum Gasteiger partial charge on any atom is 0.373 e. The van der Waals surface area contributed by atoms with E-state index in [1.54, 1.807) is 0 Å². The third-order valence-corrected chi connectivity index (χ3v) is 2.17. The van der Waals surface area contributed by atoms with Crippen LogP contribution in [0.4, 0.5) is 0 Å². The van der Waals surface area contributed by atoms with Crippen LogP contribution in [0.1, 0.15) is 10.6 Å². The van der Waals surface area contributed by atoms with Crippen LogP contribution in [-0.4, -0.2) is 16.1 Å². The van der Waals surface area contributed by atoms with Gasteiger partial charge in [-0.1, -0.05) is 0 Å². The van der Waals surface area contributed by atoms with E-state index in [4.69, 9.17) is 9.52 Å². The molecule has 0 spiro atoms. The van der Waals surface area contributed by atoms with Crippen molar-refractivity contribution < 1.29 is 14.3 Å². The SMILES string of the molecule is O=C(O)c1cnc(-c2ccsc2)o1. The van der Waals surface area contributed by atoms with Gasteiger partial charge in [0.2, 0.25) is 11.7 Å². The molecule has 2 heterocycles. The number of hydrogen-bond donors (Lipinski definition) is 1. The lowest BCUT2D eigenvalue weighted by atomic mass is 10.3. The van der Waals surface area contributed by atoms with Gasteiger partial charge in [-0.2, -0.15) is 11.3 Å². The topological polar surface area (TPSA) is 63.3 Å². The highest BCUT2D eigenvalue weighted by Gasteiger charge is 2.11. The number of hydrogen-bond acceptors (Lipinski definition) is 4. The molecule has 0 atom stereocenters. The normalized spacial score (nSPS) is 10.2. The van der Waals surface area contributed by atoms with Gasteiger partial charge >= 0.3 is 5.97 Å². The summed E-state index contributed by atoms with van der Waals surface area (Å²) in [5.74, 6) is -0.895. The second-order valence-corrected chi connectivity index (χ2v) is 3.13. The van der Waals surface area contributed by atoms with Crippen LogP contribution in [-0.2, 0) is 0 Å². The van der Waals surface area contributed by atoms with Crippen molar-refractivity contribution in [3.8, 4) is 11.5 Å². The molecule has 0 aliphatic heterocycles. The number of carboxylic acid groups (broad SMARTS) is 1. The third-order valence-electron chi connectivity index (χ3n) is 1.48. The molecule has 1 N–H and O–H groups in total. The first-order valence-corrected chi connectivity index (χ1v) is 4.43. The molecule has 0 unspecified atom stereocenters. The zero-order chi connectivity index (χ0) is 9.26. The molecule has 0 aliphatic rings. The number of carboxylic acids is 1. The average molecular weight is 195 g/mol. The minimum atomic E-state index is -1.10. The largest absolute Gasteiger partial charge is 0.475 e. The van der Waals surface area contributed by atoms with Crippen LogP contribution in [0.3, 0.4) is 0 Å². The molecule has 0 amide bonds. The van der Waals surface area contributed by atoms with E-state index in [0.29, 0.717) is 5.89 Å². The first kappa shape index (κ1) is 8.00. The van der Waals surface area contributed by atoms with Crippen LogP contribution in [0.15, 0.2) is 27.4 Å². The fourth-order valence-corrected chi connectivity index (χ4v) is 1.52. The Bertz CT molecular complexity index is 418. The highest BCUT2D eigenvalue weighted by molar-refractivity contribution is 7.08. The molecule has 66 valence electrons. The molecule has 0 aromatic carbocycles. The Hall–Kier alpha value is -1.62. The summed E-state index contributed by atoms with van der Waals surface area (Å²) in [4.78, 5) is 14.3. The van der Waals surface area contributed by atoms with E-state index in [1.165, 1.54) is 17.5 Å². The van der Waals surface area contributed by atoms with E-state index in [9.17, 15) is 4.79 Å². The summed E-state index contributed by atoms with van der Waals surface area (Å²) in [5, 5.41) is 12.3. The molecule has 0 bridgehead atoms. The van der Waals surface area contributed by atoms with Crippen LogP contribution in [0.5, 0.6) is 0 Å². The van der Waals surface area contributed by atoms with Crippen LogP contribution in [0.2, 0.25) is 0 Å².